The molecule has 1 heterocycles. The van der Waals surface area contributed by atoms with Gasteiger partial charge in [0.05, 0.1) is 4.90 Å². The number of benzene rings is 1. The van der Waals surface area contributed by atoms with E-state index in [2.05, 4.69) is 5.32 Å². The Bertz CT molecular complexity index is 668. The van der Waals surface area contributed by atoms with Crippen LogP contribution in [0.3, 0.4) is 0 Å². The second kappa shape index (κ2) is 6.45. The average molecular weight is 325 g/mol. The van der Waals surface area contributed by atoms with E-state index < -0.39 is 10.0 Å². The molecule has 0 atom stereocenters. The molecule has 1 aromatic rings. The molecule has 2 amide bonds. The minimum absolute atomic E-state index is 0.0669. The Morgan fingerprint density at radius 2 is 1.82 bits per heavy atom. The van der Waals surface area contributed by atoms with Gasteiger partial charge in [-0.1, -0.05) is 0 Å². The molecule has 2 rings (SSSR count). The minimum atomic E-state index is -3.50. The fraction of sp³-hybridized carbons (Fsp3) is 0.429. The van der Waals surface area contributed by atoms with Crippen LogP contribution < -0.4 is 5.32 Å². The summed E-state index contributed by atoms with van der Waals surface area (Å²) in [4.78, 5) is 25.4. The molecule has 0 aromatic heterocycles. The highest BCUT2D eigenvalue weighted by Gasteiger charge is 2.21. The van der Waals surface area contributed by atoms with Crippen molar-refractivity contribution in [2.24, 2.45) is 0 Å². The largest absolute Gasteiger partial charge is 0.354 e. The number of carbonyl (C=O) groups excluding carboxylic acids is 2. The molecule has 1 aliphatic heterocycles. The highest BCUT2D eigenvalue weighted by Crippen LogP contribution is 2.15. The maximum absolute atomic E-state index is 12.4. The monoisotopic (exact) mass is 325 g/mol. The summed E-state index contributed by atoms with van der Waals surface area (Å²) in [6.45, 7) is 1.24. The third-order valence-electron chi connectivity index (χ3n) is 3.48. The predicted octanol–water partition coefficient (Wildman–Crippen LogP) is -0.101. The first-order valence-corrected chi connectivity index (χ1v) is 8.35. The number of amides is 2. The predicted molar refractivity (Wildman–Crippen MR) is 80.8 cm³/mol. The quantitative estimate of drug-likeness (QED) is 0.841. The Labute approximate surface area is 129 Å². The summed E-state index contributed by atoms with van der Waals surface area (Å²) in [5, 5.41) is 2.70. The molecule has 120 valence electrons. The first kappa shape index (κ1) is 16.4. The van der Waals surface area contributed by atoms with E-state index in [1.807, 2.05) is 0 Å². The van der Waals surface area contributed by atoms with Crippen molar-refractivity contribution >= 4 is 21.8 Å². The molecule has 1 N–H and O–H groups in total. The molecule has 7 nitrogen and oxygen atoms in total. The van der Waals surface area contributed by atoms with E-state index in [1.54, 1.807) is 4.90 Å². The van der Waals surface area contributed by atoms with Crippen molar-refractivity contribution in [1.29, 1.82) is 0 Å². The number of nitrogens with one attached hydrogen (secondary N) is 1. The summed E-state index contributed by atoms with van der Waals surface area (Å²) in [6.07, 6.45) is 0.277. The zero-order valence-electron chi connectivity index (χ0n) is 12.6. The fourth-order valence-corrected chi connectivity index (χ4v) is 3.03. The lowest BCUT2D eigenvalue weighted by Gasteiger charge is -2.19. The van der Waals surface area contributed by atoms with Gasteiger partial charge in [0.2, 0.25) is 15.9 Å². The van der Waals surface area contributed by atoms with Gasteiger partial charge in [-0.15, -0.1) is 0 Å². The lowest BCUT2D eigenvalue weighted by Crippen LogP contribution is -2.34. The lowest BCUT2D eigenvalue weighted by molar-refractivity contribution is -0.120. The summed E-state index contributed by atoms with van der Waals surface area (Å²) in [5.41, 5.74) is 0.409. The van der Waals surface area contributed by atoms with E-state index >= 15 is 0 Å². The molecule has 0 radical (unpaired) electrons. The Morgan fingerprint density at radius 3 is 2.41 bits per heavy atom. The second-order valence-corrected chi connectivity index (χ2v) is 7.36. The number of rotatable bonds is 3. The Balaban J connectivity index is 2.16. The van der Waals surface area contributed by atoms with E-state index in [0.29, 0.717) is 25.2 Å². The van der Waals surface area contributed by atoms with E-state index in [-0.39, 0.29) is 23.1 Å². The highest BCUT2D eigenvalue weighted by atomic mass is 32.2. The maximum Gasteiger partial charge on any atom is 0.253 e. The molecule has 1 fully saturated rings. The summed E-state index contributed by atoms with van der Waals surface area (Å²) in [6, 6.07) is 5.84. The molecule has 0 unspecified atom stereocenters. The van der Waals surface area contributed by atoms with Crippen molar-refractivity contribution < 1.29 is 18.0 Å². The van der Waals surface area contributed by atoms with Crippen LogP contribution in [0.1, 0.15) is 16.8 Å². The molecule has 0 spiro atoms. The number of carbonyl (C=O) groups is 2. The third-order valence-corrected chi connectivity index (χ3v) is 5.31. The summed E-state index contributed by atoms with van der Waals surface area (Å²) in [5.74, 6) is -0.270. The number of sulfonamides is 1. The average Bonchev–Trinajstić information content (AvgIpc) is 2.71. The van der Waals surface area contributed by atoms with Gasteiger partial charge in [0.1, 0.15) is 0 Å². The van der Waals surface area contributed by atoms with Crippen LogP contribution in [-0.2, 0) is 14.8 Å². The van der Waals surface area contributed by atoms with Crippen LogP contribution in [0.5, 0.6) is 0 Å². The van der Waals surface area contributed by atoms with Crippen molar-refractivity contribution in [2.75, 3.05) is 33.7 Å². The lowest BCUT2D eigenvalue weighted by atomic mass is 10.2. The standard InChI is InChI=1S/C14H19N3O4S/c1-16(2)22(20,21)12-5-3-11(4-6-12)14(19)17-9-7-13(18)15-8-10-17/h3-6H,7-10H2,1-2H3,(H,15,18). The SMILES string of the molecule is CN(C)S(=O)(=O)c1ccc(C(=O)N2CCNC(=O)CC2)cc1. The van der Waals surface area contributed by atoms with Crippen LogP contribution in [0.15, 0.2) is 29.2 Å². The van der Waals surface area contributed by atoms with Gasteiger partial charge in [0, 0.05) is 45.7 Å². The Hall–Kier alpha value is -1.93. The van der Waals surface area contributed by atoms with E-state index in [1.165, 1.54) is 38.4 Å². The zero-order valence-corrected chi connectivity index (χ0v) is 13.4. The molecule has 1 aromatic carbocycles. The van der Waals surface area contributed by atoms with Gasteiger partial charge in [-0.3, -0.25) is 9.59 Å². The zero-order chi connectivity index (χ0) is 16.3. The van der Waals surface area contributed by atoms with Gasteiger partial charge in [-0.25, -0.2) is 12.7 Å². The van der Waals surface area contributed by atoms with Crippen molar-refractivity contribution in [3.05, 3.63) is 29.8 Å². The van der Waals surface area contributed by atoms with Crippen molar-refractivity contribution in [1.82, 2.24) is 14.5 Å². The third kappa shape index (κ3) is 3.45. The normalized spacial score (nSPS) is 16.3. The van der Waals surface area contributed by atoms with E-state index in [4.69, 9.17) is 0 Å². The van der Waals surface area contributed by atoms with Gasteiger partial charge in [0.25, 0.3) is 5.91 Å². The van der Waals surface area contributed by atoms with Crippen LogP contribution in [-0.4, -0.2) is 63.2 Å². The van der Waals surface area contributed by atoms with Gasteiger partial charge in [-0.05, 0) is 24.3 Å². The molecular formula is C14H19N3O4S. The first-order valence-electron chi connectivity index (χ1n) is 6.91. The van der Waals surface area contributed by atoms with Crippen LogP contribution >= 0.6 is 0 Å². The molecule has 1 saturated heterocycles. The summed E-state index contributed by atoms with van der Waals surface area (Å²) in [7, 11) is -0.596. The highest BCUT2D eigenvalue weighted by molar-refractivity contribution is 7.89. The van der Waals surface area contributed by atoms with Gasteiger partial charge >= 0.3 is 0 Å². The summed E-state index contributed by atoms with van der Waals surface area (Å²) >= 11 is 0. The Morgan fingerprint density at radius 1 is 1.18 bits per heavy atom. The van der Waals surface area contributed by atoms with Crippen LogP contribution in [0, 0.1) is 0 Å². The first-order chi connectivity index (χ1) is 10.3. The minimum Gasteiger partial charge on any atom is -0.354 e. The molecule has 0 saturated carbocycles. The second-order valence-electron chi connectivity index (χ2n) is 5.20. The smallest absolute Gasteiger partial charge is 0.253 e. The van der Waals surface area contributed by atoms with Crippen LogP contribution in [0.2, 0.25) is 0 Å². The number of nitrogens with zero attached hydrogens (tertiary/aromatic N) is 2. The van der Waals surface area contributed by atoms with Gasteiger partial charge in [-0.2, -0.15) is 0 Å². The molecule has 22 heavy (non-hydrogen) atoms. The van der Waals surface area contributed by atoms with Crippen LogP contribution in [0.25, 0.3) is 0 Å². The van der Waals surface area contributed by atoms with Gasteiger partial charge in [0.15, 0.2) is 0 Å². The van der Waals surface area contributed by atoms with E-state index in [0.717, 1.165) is 4.31 Å². The summed E-state index contributed by atoms with van der Waals surface area (Å²) < 4.78 is 25.1. The number of hydrogen-bond acceptors (Lipinski definition) is 4. The van der Waals surface area contributed by atoms with Crippen molar-refractivity contribution in [3.8, 4) is 0 Å². The molecule has 1 aliphatic rings. The molecule has 0 aliphatic carbocycles. The van der Waals surface area contributed by atoms with Crippen molar-refractivity contribution in [2.45, 2.75) is 11.3 Å². The maximum atomic E-state index is 12.4. The van der Waals surface area contributed by atoms with E-state index in [9.17, 15) is 18.0 Å². The molecule has 0 bridgehead atoms. The van der Waals surface area contributed by atoms with Gasteiger partial charge < -0.3 is 10.2 Å². The topological polar surface area (TPSA) is 86.8 Å². The number of hydrogen-bond donors (Lipinski definition) is 1. The Kier molecular flexibility index (Phi) is 4.82. The molecule has 8 heteroatoms. The fourth-order valence-electron chi connectivity index (χ4n) is 2.13. The van der Waals surface area contributed by atoms with Crippen LogP contribution in [0.4, 0.5) is 0 Å². The van der Waals surface area contributed by atoms with Crippen molar-refractivity contribution in [3.63, 3.8) is 0 Å². The molecular weight excluding hydrogens is 306 g/mol.